The summed E-state index contributed by atoms with van der Waals surface area (Å²) in [5.74, 6) is 0.374. The molecule has 2 amide bonds. The van der Waals surface area contributed by atoms with Crippen molar-refractivity contribution < 1.29 is 19.1 Å². The zero-order valence-corrected chi connectivity index (χ0v) is 11.5. The van der Waals surface area contributed by atoms with Crippen molar-refractivity contribution in [3.05, 3.63) is 18.3 Å². The number of rotatable bonds is 4. The molecule has 0 aliphatic carbocycles. The van der Waals surface area contributed by atoms with E-state index in [4.69, 9.17) is 9.47 Å². The molecule has 8 nitrogen and oxygen atoms in total. The Kier molecular flexibility index (Phi) is 3.85. The Labute approximate surface area is 121 Å². The first-order chi connectivity index (χ1) is 10.2. The lowest BCUT2D eigenvalue weighted by atomic mass is 10.3. The lowest BCUT2D eigenvalue weighted by Crippen LogP contribution is -2.40. The van der Waals surface area contributed by atoms with Gasteiger partial charge in [0, 0.05) is 25.2 Å². The lowest BCUT2D eigenvalue weighted by molar-refractivity contribution is -0.130. The minimum absolute atomic E-state index is 0.0662. The molecule has 0 radical (unpaired) electrons. The number of hydrogen-bond donors (Lipinski definition) is 0. The summed E-state index contributed by atoms with van der Waals surface area (Å²) in [5, 5.41) is 7.60. The van der Waals surface area contributed by atoms with E-state index >= 15 is 0 Å². The van der Waals surface area contributed by atoms with Crippen molar-refractivity contribution >= 4 is 12.0 Å². The molecule has 8 heteroatoms. The first-order valence-electron chi connectivity index (χ1n) is 6.86. The first kappa shape index (κ1) is 13.6. The number of nitrogens with zero attached hydrogens (tertiary/aromatic N) is 4. The molecule has 3 heterocycles. The number of carbonyl (C=O) groups excluding carboxylic acids is 2. The van der Waals surface area contributed by atoms with Crippen LogP contribution in [0.15, 0.2) is 18.3 Å². The van der Waals surface area contributed by atoms with Gasteiger partial charge in [-0.2, -0.15) is 5.10 Å². The predicted octanol–water partition coefficient (Wildman–Crippen LogP) is -0.0915. The molecule has 0 aromatic carbocycles. The smallest absolute Gasteiger partial charge is 0.410 e. The maximum absolute atomic E-state index is 12.1. The number of likely N-dealkylation sites (tertiary alicyclic amines) is 1. The molecule has 0 saturated carbocycles. The van der Waals surface area contributed by atoms with Crippen molar-refractivity contribution in [3.8, 4) is 5.88 Å². The monoisotopic (exact) mass is 292 g/mol. The zero-order chi connectivity index (χ0) is 14.7. The maximum Gasteiger partial charge on any atom is 0.410 e. The molecule has 112 valence electrons. The highest BCUT2D eigenvalue weighted by molar-refractivity contribution is 5.83. The van der Waals surface area contributed by atoms with Crippen LogP contribution in [0.3, 0.4) is 0 Å². The number of carbonyl (C=O) groups is 2. The van der Waals surface area contributed by atoms with Crippen molar-refractivity contribution in [1.82, 2.24) is 20.0 Å². The number of hydrogen-bond acceptors (Lipinski definition) is 6. The van der Waals surface area contributed by atoms with Crippen LogP contribution >= 0.6 is 0 Å². The van der Waals surface area contributed by atoms with E-state index in [1.807, 2.05) is 0 Å². The molecule has 1 unspecified atom stereocenters. The van der Waals surface area contributed by atoms with Crippen molar-refractivity contribution in [2.24, 2.45) is 0 Å². The summed E-state index contributed by atoms with van der Waals surface area (Å²) in [6, 6.07) is 3.48. The molecule has 2 aliphatic rings. The van der Waals surface area contributed by atoms with Crippen LogP contribution in [0.1, 0.15) is 6.42 Å². The van der Waals surface area contributed by atoms with Gasteiger partial charge in [0.05, 0.1) is 13.1 Å². The fraction of sp³-hybridized carbons (Fsp3) is 0.538. The van der Waals surface area contributed by atoms with E-state index in [0.717, 1.165) is 6.42 Å². The zero-order valence-electron chi connectivity index (χ0n) is 11.5. The third-order valence-corrected chi connectivity index (χ3v) is 3.50. The summed E-state index contributed by atoms with van der Waals surface area (Å²) >= 11 is 0. The standard InChI is InChI=1S/C13H16N4O4/c18-12(9-17-6-7-20-13(17)19)16-5-3-10(8-16)21-11-2-1-4-14-15-11/h1-2,4,10H,3,5-9H2. The van der Waals surface area contributed by atoms with Crippen LogP contribution in [0.2, 0.25) is 0 Å². The van der Waals surface area contributed by atoms with Crippen molar-refractivity contribution in [3.63, 3.8) is 0 Å². The Bertz CT molecular complexity index is 524. The third-order valence-electron chi connectivity index (χ3n) is 3.50. The van der Waals surface area contributed by atoms with Gasteiger partial charge in [0.2, 0.25) is 11.8 Å². The second-order valence-electron chi connectivity index (χ2n) is 4.97. The molecular formula is C13H16N4O4. The van der Waals surface area contributed by atoms with E-state index in [1.54, 1.807) is 23.2 Å². The Morgan fingerprint density at radius 2 is 2.38 bits per heavy atom. The molecule has 1 atom stereocenters. The molecule has 2 aliphatic heterocycles. The summed E-state index contributed by atoms with van der Waals surface area (Å²) < 4.78 is 10.5. The van der Waals surface area contributed by atoms with Gasteiger partial charge >= 0.3 is 6.09 Å². The molecular weight excluding hydrogens is 276 g/mol. The van der Waals surface area contributed by atoms with Crippen LogP contribution in [0, 0.1) is 0 Å². The topological polar surface area (TPSA) is 84.9 Å². The molecule has 3 rings (SSSR count). The number of aromatic nitrogens is 2. The van der Waals surface area contributed by atoms with Gasteiger partial charge in [0.1, 0.15) is 19.3 Å². The van der Waals surface area contributed by atoms with E-state index in [2.05, 4.69) is 10.2 Å². The van der Waals surface area contributed by atoms with Crippen LogP contribution in [-0.2, 0) is 9.53 Å². The third kappa shape index (κ3) is 3.21. The highest BCUT2D eigenvalue weighted by atomic mass is 16.6. The Morgan fingerprint density at radius 3 is 3.10 bits per heavy atom. The SMILES string of the molecule is O=C(CN1CCOC1=O)N1CCC(Oc2cccnn2)C1. The summed E-state index contributed by atoms with van der Waals surface area (Å²) in [7, 11) is 0. The van der Waals surface area contributed by atoms with Crippen molar-refractivity contribution in [2.75, 3.05) is 32.8 Å². The van der Waals surface area contributed by atoms with E-state index in [-0.39, 0.29) is 18.6 Å². The fourth-order valence-electron chi connectivity index (χ4n) is 2.40. The quantitative estimate of drug-likeness (QED) is 0.771. The molecule has 1 aromatic heterocycles. The van der Waals surface area contributed by atoms with E-state index in [1.165, 1.54) is 4.90 Å². The van der Waals surface area contributed by atoms with Crippen LogP contribution in [0.5, 0.6) is 5.88 Å². The second kappa shape index (κ2) is 5.94. The van der Waals surface area contributed by atoms with Crippen LogP contribution in [0.25, 0.3) is 0 Å². The Hall–Kier alpha value is -2.38. The summed E-state index contributed by atoms with van der Waals surface area (Å²) in [4.78, 5) is 26.6. The van der Waals surface area contributed by atoms with Gasteiger partial charge < -0.3 is 14.4 Å². The molecule has 0 N–H and O–H groups in total. The first-order valence-corrected chi connectivity index (χ1v) is 6.86. The Morgan fingerprint density at radius 1 is 1.48 bits per heavy atom. The normalized spacial score (nSPS) is 21.5. The van der Waals surface area contributed by atoms with Gasteiger partial charge in [-0.3, -0.25) is 9.69 Å². The van der Waals surface area contributed by atoms with Crippen molar-refractivity contribution in [1.29, 1.82) is 0 Å². The Balaban J connectivity index is 1.50. The van der Waals surface area contributed by atoms with Crippen LogP contribution < -0.4 is 4.74 Å². The minimum atomic E-state index is -0.421. The van der Waals surface area contributed by atoms with Crippen LogP contribution in [0.4, 0.5) is 4.79 Å². The van der Waals surface area contributed by atoms with Crippen molar-refractivity contribution in [2.45, 2.75) is 12.5 Å². The molecule has 1 aromatic rings. The van der Waals surface area contributed by atoms with E-state index in [0.29, 0.717) is 32.1 Å². The molecule has 0 bridgehead atoms. The molecule has 0 spiro atoms. The number of amides is 2. The molecule has 2 saturated heterocycles. The average molecular weight is 292 g/mol. The predicted molar refractivity (Wildman–Crippen MR) is 70.6 cm³/mol. The highest BCUT2D eigenvalue weighted by Gasteiger charge is 2.31. The van der Waals surface area contributed by atoms with Gasteiger partial charge in [-0.1, -0.05) is 0 Å². The maximum atomic E-state index is 12.1. The average Bonchev–Trinajstić information content (AvgIpc) is 3.10. The fourth-order valence-corrected chi connectivity index (χ4v) is 2.40. The van der Waals surface area contributed by atoms with E-state index in [9.17, 15) is 9.59 Å². The van der Waals surface area contributed by atoms with E-state index < -0.39 is 6.09 Å². The van der Waals surface area contributed by atoms with Crippen LogP contribution in [-0.4, -0.2) is 70.9 Å². The van der Waals surface area contributed by atoms with Gasteiger partial charge in [0.15, 0.2) is 0 Å². The summed E-state index contributed by atoms with van der Waals surface area (Å²) in [5.41, 5.74) is 0. The largest absolute Gasteiger partial charge is 0.471 e. The van der Waals surface area contributed by atoms with Gasteiger partial charge in [-0.05, 0) is 6.07 Å². The number of cyclic esters (lactones) is 1. The summed E-state index contributed by atoms with van der Waals surface area (Å²) in [6.45, 7) is 2.00. The second-order valence-corrected chi connectivity index (χ2v) is 4.97. The number of ether oxygens (including phenoxy) is 2. The lowest BCUT2D eigenvalue weighted by Gasteiger charge is -2.19. The molecule has 2 fully saturated rings. The van der Waals surface area contributed by atoms with Gasteiger partial charge in [-0.15, -0.1) is 5.10 Å². The highest BCUT2D eigenvalue weighted by Crippen LogP contribution is 2.16. The van der Waals surface area contributed by atoms with Gasteiger partial charge in [-0.25, -0.2) is 4.79 Å². The molecule has 21 heavy (non-hydrogen) atoms. The van der Waals surface area contributed by atoms with Gasteiger partial charge in [0.25, 0.3) is 0 Å². The summed E-state index contributed by atoms with van der Waals surface area (Å²) in [6.07, 6.45) is 1.81. The minimum Gasteiger partial charge on any atom is -0.471 e.